The van der Waals surface area contributed by atoms with Crippen molar-refractivity contribution >= 4 is 34.8 Å². The van der Waals surface area contributed by atoms with Crippen LogP contribution in [0, 0.1) is 6.92 Å². The van der Waals surface area contributed by atoms with E-state index in [0.29, 0.717) is 23.0 Å². The van der Waals surface area contributed by atoms with E-state index in [2.05, 4.69) is 10.3 Å². The summed E-state index contributed by atoms with van der Waals surface area (Å²) in [6, 6.07) is 15.4. The molecule has 3 aromatic rings. The van der Waals surface area contributed by atoms with Gasteiger partial charge in [0.15, 0.2) is 0 Å². The second-order valence-corrected chi connectivity index (χ2v) is 6.53. The summed E-state index contributed by atoms with van der Waals surface area (Å²) >= 11 is 11.9. The zero-order chi connectivity index (χ0) is 18.5. The molecular weight excluding hydrogens is 367 g/mol. The van der Waals surface area contributed by atoms with Gasteiger partial charge in [-0.3, -0.25) is 9.78 Å². The van der Waals surface area contributed by atoms with Crippen LogP contribution in [-0.4, -0.2) is 10.9 Å². The number of amides is 1. The average molecular weight is 385 g/mol. The van der Waals surface area contributed by atoms with Crippen LogP contribution >= 0.6 is 23.2 Å². The van der Waals surface area contributed by atoms with Crippen molar-refractivity contribution in [2.24, 2.45) is 0 Å². The highest BCUT2D eigenvalue weighted by Gasteiger charge is 2.13. The molecule has 1 heterocycles. The molecule has 1 aromatic heterocycles. The predicted molar refractivity (Wildman–Crippen MR) is 108 cm³/mol. The van der Waals surface area contributed by atoms with Gasteiger partial charge in [0.1, 0.15) is 0 Å². The van der Waals surface area contributed by atoms with Crippen LogP contribution in [0.2, 0.25) is 0 Å². The maximum atomic E-state index is 12.8. The van der Waals surface area contributed by atoms with Gasteiger partial charge >= 0.3 is 0 Å². The minimum Gasteiger partial charge on any atom is -0.320 e. The Morgan fingerprint density at radius 3 is 2.35 bits per heavy atom. The summed E-state index contributed by atoms with van der Waals surface area (Å²) in [5, 5.41) is 2.97. The first-order chi connectivity index (χ1) is 12.6. The Morgan fingerprint density at radius 2 is 1.69 bits per heavy atom. The van der Waals surface area contributed by atoms with Gasteiger partial charge in [0, 0.05) is 29.1 Å². The molecule has 2 aromatic carbocycles. The molecule has 26 heavy (non-hydrogen) atoms. The molecule has 0 aliphatic carbocycles. The quantitative estimate of drug-likeness (QED) is 0.565. The molecule has 0 radical (unpaired) electrons. The van der Waals surface area contributed by atoms with Crippen LogP contribution in [-0.2, 0) is 11.8 Å². The normalized spacial score (nSPS) is 10.6. The number of aromatic nitrogens is 1. The third kappa shape index (κ3) is 4.06. The Labute approximate surface area is 163 Å². The van der Waals surface area contributed by atoms with Gasteiger partial charge in [-0.05, 0) is 47.4 Å². The summed E-state index contributed by atoms with van der Waals surface area (Å²) in [5.41, 5.74) is 6.02. The number of hydrogen-bond acceptors (Lipinski definition) is 2. The lowest BCUT2D eigenvalue weighted by molar-refractivity contribution is 0.102. The van der Waals surface area contributed by atoms with Crippen molar-refractivity contribution in [2.75, 3.05) is 5.32 Å². The third-order valence-corrected chi connectivity index (χ3v) is 4.75. The standard InChI is InChI=1S/C21H18Cl2N2O/c1-14-4-2-3-5-18(14)19-6-7-24-13-20(19)25-21(26)17-9-15(11-22)8-16(10-17)12-23/h2-10,13H,11-12H2,1H3,(H,25,26). The largest absolute Gasteiger partial charge is 0.320 e. The number of benzene rings is 2. The van der Waals surface area contributed by atoms with Crippen LogP contribution in [0.5, 0.6) is 0 Å². The maximum absolute atomic E-state index is 12.8. The van der Waals surface area contributed by atoms with Crippen molar-refractivity contribution < 1.29 is 4.79 Å². The van der Waals surface area contributed by atoms with Crippen molar-refractivity contribution in [3.8, 4) is 11.1 Å². The molecule has 132 valence electrons. The number of carbonyl (C=O) groups excluding carboxylic acids is 1. The third-order valence-electron chi connectivity index (χ3n) is 4.13. The summed E-state index contributed by atoms with van der Waals surface area (Å²) < 4.78 is 0. The van der Waals surface area contributed by atoms with Crippen LogP contribution in [0.1, 0.15) is 27.0 Å². The van der Waals surface area contributed by atoms with Gasteiger partial charge in [-0.15, -0.1) is 23.2 Å². The van der Waals surface area contributed by atoms with Gasteiger partial charge in [-0.1, -0.05) is 30.3 Å². The zero-order valence-electron chi connectivity index (χ0n) is 14.3. The second kappa shape index (κ2) is 8.35. The molecular formula is C21H18Cl2N2O. The first-order valence-electron chi connectivity index (χ1n) is 8.18. The van der Waals surface area contributed by atoms with Crippen molar-refractivity contribution in [1.29, 1.82) is 0 Å². The Bertz CT molecular complexity index is 919. The first-order valence-corrected chi connectivity index (χ1v) is 9.25. The van der Waals surface area contributed by atoms with E-state index in [9.17, 15) is 4.79 Å². The van der Waals surface area contributed by atoms with Crippen molar-refractivity contribution in [3.63, 3.8) is 0 Å². The van der Waals surface area contributed by atoms with Crippen LogP contribution in [0.4, 0.5) is 5.69 Å². The molecule has 0 fully saturated rings. The number of halogens is 2. The molecule has 0 aliphatic heterocycles. The van der Waals surface area contributed by atoms with E-state index in [0.717, 1.165) is 27.8 Å². The Hall–Kier alpha value is -2.36. The van der Waals surface area contributed by atoms with Gasteiger partial charge in [0.05, 0.1) is 11.9 Å². The molecule has 0 aliphatic rings. The van der Waals surface area contributed by atoms with Crippen LogP contribution in [0.3, 0.4) is 0 Å². The smallest absolute Gasteiger partial charge is 0.255 e. The van der Waals surface area contributed by atoms with E-state index >= 15 is 0 Å². The minimum absolute atomic E-state index is 0.217. The van der Waals surface area contributed by atoms with E-state index in [1.54, 1.807) is 24.5 Å². The van der Waals surface area contributed by atoms with Crippen molar-refractivity contribution in [3.05, 3.63) is 83.2 Å². The van der Waals surface area contributed by atoms with Crippen molar-refractivity contribution in [1.82, 2.24) is 4.98 Å². The SMILES string of the molecule is Cc1ccccc1-c1ccncc1NC(=O)c1cc(CCl)cc(CCl)c1. The van der Waals surface area contributed by atoms with Gasteiger partial charge in [-0.25, -0.2) is 0 Å². The lowest BCUT2D eigenvalue weighted by Gasteiger charge is -2.13. The summed E-state index contributed by atoms with van der Waals surface area (Å²) in [6.07, 6.45) is 3.38. The molecule has 0 spiro atoms. The van der Waals surface area contributed by atoms with Gasteiger partial charge < -0.3 is 5.32 Å². The molecule has 0 saturated heterocycles. The van der Waals surface area contributed by atoms with E-state index < -0.39 is 0 Å². The van der Waals surface area contributed by atoms with E-state index in [1.807, 2.05) is 43.3 Å². The molecule has 0 bridgehead atoms. The molecule has 0 atom stereocenters. The number of nitrogens with zero attached hydrogens (tertiary/aromatic N) is 1. The monoisotopic (exact) mass is 384 g/mol. The summed E-state index contributed by atoms with van der Waals surface area (Å²) in [6.45, 7) is 2.04. The fourth-order valence-corrected chi connectivity index (χ4v) is 3.16. The van der Waals surface area contributed by atoms with Crippen molar-refractivity contribution in [2.45, 2.75) is 18.7 Å². The molecule has 0 saturated carbocycles. The molecule has 3 nitrogen and oxygen atoms in total. The minimum atomic E-state index is -0.217. The van der Waals surface area contributed by atoms with Crippen LogP contribution in [0.25, 0.3) is 11.1 Å². The molecule has 0 unspecified atom stereocenters. The lowest BCUT2D eigenvalue weighted by atomic mass is 10.00. The molecule has 1 N–H and O–H groups in total. The Kier molecular flexibility index (Phi) is 5.92. The van der Waals surface area contributed by atoms with E-state index in [4.69, 9.17) is 23.2 Å². The van der Waals surface area contributed by atoms with Crippen LogP contribution in [0.15, 0.2) is 60.9 Å². The zero-order valence-corrected chi connectivity index (χ0v) is 15.8. The number of nitrogens with one attached hydrogen (secondary N) is 1. The Balaban J connectivity index is 1.95. The van der Waals surface area contributed by atoms with E-state index in [-0.39, 0.29) is 5.91 Å². The number of hydrogen-bond donors (Lipinski definition) is 1. The number of rotatable bonds is 5. The van der Waals surface area contributed by atoms with Gasteiger partial charge in [0.25, 0.3) is 5.91 Å². The highest BCUT2D eigenvalue weighted by Crippen LogP contribution is 2.30. The van der Waals surface area contributed by atoms with Gasteiger partial charge in [-0.2, -0.15) is 0 Å². The van der Waals surface area contributed by atoms with Gasteiger partial charge in [0.2, 0.25) is 0 Å². The lowest BCUT2D eigenvalue weighted by Crippen LogP contribution is -2.13. The summed E-state index contributed by atoms with van der Waals surface area (Å²) in [4.78, 5) is 17.0. The highest BCUT2D eigenvalue weighted by atomic mass is 35.5. The first kappa shape index (κ1) is 18.4. The number of anilines is 1. The number of alkyl halides is 2. The molecule has 1 amide bonds. The predicted octanol–water partition coefficient (Wildman–Crippen LogP) is 5.79. The van der Waals surface area contributed by atoms with E-state index in [1.165, 1.54) is 0 Å². The summed E-state index contributed by atoms with van der Waals surface area (Å²) in [7, 11) is 0. The second-order valence-electron chi connectivity index (χ2n) is 6.00. The fourth-order valence-electron chi connectivity index (χ4n) is 2.85. The fraction of sp³-hybridized carbons (Fsp3) is 0.143. The average Bonchev–Trinajstić information content (AvgIpc) is 2.68. The molecule has 3 rings (SSSR count). The molecule has 5 heteroatoms. The maximum Gasteiger partial charge on any atom is 0.255 e. The topological polar surface area (TPSA) is 42.0 Å². The Morgan fingerprint density at radius 1 is 1.00 bits per heavy atom. The number of pyridine rings is 1. The summed E-state index contributed by atoms with van der Waals surface area (Å²) in [5.74, 6) is 0.435. The number of aryl methyl sites for hydroxylation is 1. The van der Waals surface area contributed by atoms with Crippen LogP contribution < -0.4 is 5.32 Å². The highest BCUT2D eigenvalue weighted by molar-refractivity contribution is 6.18. The number of carbonyl (C=O) groups is 1.